The Morgan fingerprint density at radius 3 is 2.61 bits per heavy atom. The van der Waals surface area contributed by atoms with Crippen molar-refractivity contribution in [1.82, 2.24) is 10.6 Å². The van der Waals surface area contributed by atoms with Crippen molar-refractivity contribution in [3.63, 3.8) is 0 Å². The maximum absolute atomic E-state index is 11.6. The van der Waals surface area contributed by atoms with Crippen LogP contribution in [0.25, 0.3) is 0 Å². The third kappa shape index (κ3) is 5.53. The first-order valence-corrected chi connectivity index (χ1v) is 10.2. The predicted molar refractivity (Wildman–Crippen MR) is 95.6 cm³/mol. The lowest BCUT2D eigenvalue weighted by Crippen LogP contribution is -2.44. The van der Waals surface area contributed by atoms with Gasteiger partial charge < -0.3 is 10.6 Å². The lowest BCUT2D eigenvalue weighted by Gasteiger charge is -2.18. The molecule has 1 heterocycles. The lowest BCUT2D eigenvalue weighted by atomic mass is 9.97. The summed E-state index contributed by atoms with van der Waals surface area (Å²) in [7, 11) is -2.88. The van der Waals surface area contributed by atoms with Crippen molar-refractivity contribution < 1.29 is 8.42 Å². The molecule has 1 aliphatic rings. The molecule has 1 aliphatic heterocycles. The van der Waals surface area contributed by atoms with E-state index in [1.165, 1.54) is 5.56 Å². The van der Waals surface area contributed by atoms with Gasteiger partial charge in [0, 0.05) is 25.0 Å². The summed E-state index contributed by atoms with van der Waals surface area (Å²) in [6.07, 6.45) is 1.67. The number of nitrogens with one attached hydrogen (secondary N) is 2. The minimum atomic E-state index is -2.88. The first-order chi connectivity index (χ1) is 11.0. The molecule has 0 spiro atoms. The highest BCUT2D eigenvalue weighted by molar-refractivity contribution is 7.91. The van der Waals surface area contributed by atoms with Crippen LogP contribution in [0.2, 0.25) is 0 Å². The highest BCUT2D eigenvalue weighted by Crippen LogP contribution is 2.19. The fourth-order valence-corrected chi connectivity index (χ4v) is 4.49. The second-order valence-electron chi connectivity index (χ2n) is 5.98. The molecule has 0 saturated carbocycles. The maximum Gasteiger partial charge on any atom is 0.191 e. The van der Waals surface area contributed by atoms with Gasteiger partial charge in [0.05, 0.1) is 11.5 Å². The topological polar surface area (TPSA) is 70.6 Å². The average Bonchev–Trinajstić information content (AvgIpc) is 2.88. The van der Waals surface area contributed by atoms with Crippen molar-refractivity contribution in [2.45, 2.75) is 38.6 Å². The van der Waals surface area contributed by atoms with Gasteiger partial charge in [-0.15, -0.1) is 0 Å². The number of hydrogen-bond donors (Lipinski definition) is 2. The number of guanidine groups is 1. The van der Waals surface area contributed by atoms with Crippen LogP contribution in [0.1, 0.15) is 38.2 Å². The Labute approximate surface area is 139 Å². The van der Waals surface area contributed by atoms with Crippen LogP contribution in [-0.4, -0.2) is 45.0 Å². The summed E-state index contributed by atoms with van der Waals surface area (Å²) in [5.74, 6) is 1.56. The van der Waals surface area contributed by atoms with Crippen molar-refractivity contribution in [2.75, 3.05) is 24.6 Å². The Bertz CT molecular complexity index is 614. The summed E-state index contributed by atoms with van der Waals surface area (Å²) in [6, 6.07) is 10.4. The molecule has 0 aliphatic carbocycles. The van der Waals surface area contributed by atoms with Gasteiger partial charge in [-0.05, 0) is 25.3 Å². The molecule has 128 valence electrons. The number of hydrogen-bond acceptors (Lipinski definition) is 3. The van der Waals surface area contributed by atoms with E-state index in [4.69, 9.17) is 0 Å². The quantitative estimate of drug-likeness (QED) is 0.615. The van der Waals surface area contributed by atoms with E-state index in [-0.39, 0.29) is 17.5 Å². The molecule has 2 atom stereocenters. The van der Waals surface area contributed by atoms with Crippen molar-refractivity contribution in [1.29, 1.82) is 0 Å². The van der Waals surface area contributed by atoms with Crippen LogP contribution in [0.3, 0.4) is 0 Å². The van der Waals surface area contributed by atoms with Gasteiger partial charge in [-0.2, -0.15) is 0 Å². The van der Waals surface area contributed by atoms with E-state index < -0.39 is 9.84 Å². The second-order valence-corrected chi connectivity index (χ2v) is 8.21. The van der Waals surface area contributed by atoms with E-state index in [0.717, 1.165) is 13.0 Å². The van der Waals surface area contributed by atoms with Gasteiger partial charge in [-0.3, -0.25) is 4.99 Å². The molecule has 2 unspecified atom stereocenters. The SMILES string of the molecule is CCNC(=NCC(CC)c1ccccc1)NC1CCS(=O)(=O)C1. The van der Waals surface area contributed by atoms with Crippen molar-refractivity contribution >= 4 is 15.8 Å². The molecule has 0 radical (unpaired) electrons. The Morgan fingerprint density at radius 2 is 2.04 bits per heavy atom. The minimum absolute atomic E-state index is 0.0328. The Kier molecular flexibility index (Phi) is 6.45. The van der Waals surface area contributed by atoms with E-state index >= 15 is 0 Å². The fourth-order valence-electron chi connectivity index (χ4n) is 2.82. The van der Waals surface area contributed by atoms with Crippen LogP contribution in [0.4, 0.5) is 0 Å². The largest absolute Gasteiger partial charge is 0.357 e. The van der Waals surface area contributed by atoms with Crippen molar-refractivity contribution in [3.8, 4) is 0 Å². The van der Waals surface area contributed by atoms with E-state index in [2.05, 4.69) is 46.8 Å². The summed E-state index contributed by atoms with van der Waals surface area (Å²) < 4.78 is 23.2. The Balaban J connectivity index is 2.00. The molecule has 2 rings (SSSR count). The van der Waals surface area contributed by atoms with Crippen LogP contribution in [0, 0.1) is 0 Å². The van der Waals surface area contributed by atoms with E-state index in [1.54, 1.807) is 0 Å². The van der Waals surface area contributed by atoms with Gasteiger partial charge in [-0.25, -0.2) is 8.42 Å². The van der Waals surface area contributed by atoms with Gasteiger partial charge in [0.1, 0.15) is 0 Å². The highest BCUT2D eigenvalue weighted by Gasteiger charge is 2.28. The van der Waals surface area contributed by atoms with Crippen LogP contribution < -0.4 is 10.6 Å². The monoisotopic (exact) mass is 337 g/mol. The molecule has 0 aromatic heterocycles. The third-order valence-electron chi connectivity index (χ3n) is 4.15. The normalized spacial score (nSPS) is 21.8. The van der Waals surface area contributed by atoms with Gasteiger partial charge >= 0.3 is 0 Å². The first-order valence-electron chi connectivity index (χ1n) is 8.34. The lowest BCUT2D eigenvalue weighted by molar-refractivity contribution is 0.599. The van der Waals surface area contributed by atoms with Crippen LogP contribution in [0.5, 0.6) is 0 Å². The fraction of sp³-hybridized carbons (Fsp3) is 0.588. The molecule has 1 saturated heterocycles. The molecule has 0 amide bonds. The maximum atomic E-state index is 11.6. The van der Waals surface area contributed by atoms with E-state index in [9.17, 15) is 8.42 Å². The van der Waals surface area contributed by atoms with E-state index in [1.807, 2.05) is 13.0 Å². The van der Waals surface area contributed by atoms with Gasteiger partial charge in [0.2, 0.25) is 0 Å². The average molecular weight is 337 g/mol. The third-order valence-corrected chi connectivity index (χ3v) is 5.92. The molecule has 5 nitrogen and oxygen atoms in total. The molecule has 0 bridgehead atoms. The molecular formula is C17H27N3O2S. The smallest absolute Gasteiger partial charge is 0.191 e. The molecule has 23 heavy (non-hydrogen) atoms. The second kappa shape index (κ2) is 8.34. The Morgan fingerprint density at radius 1 is 1.30 bits per heavy atom. The molecule has 1 aromatic rings. The number of rotatable bonds is 6. The zero-order valence-electron chi connectivity index (χ0n) is 14.0. The van der Waals surface area contributed by atoms with Crippen LogP contribution in [0.15, 0.2) is 35.3 Å². The summed E-state index contributed by atoms with van der Waals surface area (Å²) in [5.41, 5.74) is 1.29. The number of nitrogens with zero attached hydrogens (tertiary/aromatic N) is 1. The zero-order valence-corrected chi connectivity index (χ0v) is 14.8. The van der Waals surface area contributed by atoms with Gasteiger partial charge in [0.25, 0.3) is 0 Å². The summed E-state index contributed by atoms with van der Waals surface area (Å²) in [4.78, 5) is 4.67. The molecule has 1 fully saturated rings. The number of sulfone groups is 1. The van der Waals surface area contributed by atoms with Crippen molar-refractivity contribution in [2.24, 2.45) is 4.99 Å². The summed E-state index contributed by atoms with van der Waals surface area (Å²) >= 11 is 0. The Hall–Kier alpha value is -1.56. The summed E-state index contributed by atoms with van der Waals surface area (Å²) in [6.45, 7) is 5.62. The standard InChI is InChI=1S/C17H27N3O2S/c1-3-14(15-8-6-5-7-9-15)12-19-17(18-4-2)20-16-10-11-23(21,22)13-16/h5-9,14,16H,3-4,10-13H2,1-2H3,(H2,18,19,20). The van der Waals surface area contributed by atoms with Crippen molar-refractivity contribution in [3.05, 3.63) is 35.9 Å². The molecule has 6 heteroatoms. The summed E-state index contributed by atoms with van der Waals surface area (Å²) in [5, 5.41) is 6.47. The van der Waals surface area contributed by atoms with Crippen LogP contribution >= 0.6 is 0 Å². The molecule has 1 aromatic carbocycles. The predicted octanol–water partition coefficient (Wildman–Crippen LogP) is 1.92. The van der Waals surface area contributed by atoms with Gasteiger partial charge in [0.15, 0.2) is 15.8 Å². The van der Waals surface area contributed by atoms with Gasteiger partial charge in [-0.1, -0.05) is 37.3 Å². The highest BCUT2D eigenvalue weighted by atomic mass is 32.2. The van der Waals surface area contributed by atoms with E-state index in [0.29, 0.717) is 24.8 Å². The molecule has 2 N–H and O–H groups in total. The zero-order chi connectivity index (χ0) is 16.7. The van der Waals surface area contributed by atoms with Crippen LogP contribution in [-0.2, 0) is 9.84 Å². The number of aliphatic imine (C=N–C) groups is 1. The number of benzene rings is 1. The first kappa shape index (κ1) is 17.8. The molecular weight excluding hydrogens is 310 g/mol. The minimum Gasteiger partial charge on any atom is -0.357 e.